The number of rotatable bonds is 2. The van der Waals surface area contributed by atoms with Crippen molar-refractivity contribution in [3.63, 3.8) is 0 Å². The van der Waals surface area contributed by atoms with Gasteiger partial charge in [-0.15, -0.1) is 0 Å². The molecule has 0 aliphatic heterocycles. The summed E-state index contributed by atoms with van der Waals surface area (Å²) in [6.07, 6.45) is -1.54. The third kappa shape index (κ3) is 2.37. The molecule has 0 saturated heterocycles. The molecule has 18 heavy (non-hydrogen) atoms. The van der Waals surface area contributed by atoms with Crippen molar-refractivity contribution in [2.45, 2.75) is 26.6 Å². The standard InChI is InChI=1S/C12H12F3N3/c1-3-18-7-10(17-8(18)2)9-4-5-16-11(6-9)12(13,14)15/h4-7H,3H2,1-2H3. The number of pyridine rings is 1. The Balaban J connectivity index is 2.44. The molecule has 0 amide bonds. The molecule has 0 aromatic carbocycles. The molecule has 3 nitrogen and oxygen atoms in total. The quantitative estimate of drug-likeness (QED) is 0.824. The molecule has 0 spiro atoms. The van der Waals surface area contributed by atoms with Gasteiger partial charge in [-0.1, -0.05) is 0 Å². The Morgan fingerprint density at radius 3 is 2.61 bits per heavy atom. The lowest BCUT2D eigenvalue weighted by molar-refractivity contribution is -0.141. The van der Waals surface area contributed by atoms with E-state index in [1.165, 1.54) is 6.07 Å². The van der Waals surface area contributed by atoms with Gasteiger partial charge in [0.1, 0.15) is 11.5 Å². The van der Waals surface area contributed by atoms with Crippen LogP contribution in [0.1, 0.15) is 18.4 Å². The van der Waals surface area contributed by atoms with Crippen LogP contribution < -0.4 is 0 Å². The van der Waals surface area contributed by atoms with E-state index in [1.807, 2.05) is 18.4 Å². The zero-order valence-electron chi connectivity index (χ0n) is 9.99. The molecule has 0 unspecified atom stereocenters. The van der Waals surface area contributed by atoms with Crippen molar-refractivity contribution in [1.82, 2.24) is 14.5 Å². The summed E-state index contributed by atoms with van der Waals surface area (Å²) in [5.41, 5.74) is 0.0542. The summed E-state index contributed by atoms with van der Waals surface area (Å²) < 4.78 is 39.5. The first-order valence-corrected chi connectivity index (χ1v) is 5.49. The molecule has 6 heteroatoms. The number of halogens is 3. The first-order chi connectivity index (χ1) is 8.41. The van der Waals surface area contributed by atoms with Crippen LogP contribution in [0.3, 0.4) is 0 Å². The van der Waals surface area contributed by atoms with Crippen molar-refractivity contribution in [1.29, 1.82) is 0 Å². The van der Waals surface area contributed by atoms with E-state index in [-0.39, 0.29) is 0 Å². The monoisotopic (exact) mass is 255 g/mol. The smallest absolute Gasteiger partial charge is 0.335 e. The van der Waals surface area contributed by atoms with Gasteiger partial charge >= 0.3 is 6.18 Å². The normalized spacial score (nSPS) is 11.8. The highest BCUT2D eigenvalue weighted by Crippen LogP contribution is 2.30. The molecule has 2 aromatic rings. The fourth-order valence-electron chi connectivity index (χ4n) is 1.71. The molecule has 0 atom stereocenters. The molecule has 2 heterocycles. The molecular weight excluding hydrogens is 243 g/mol. The number of aryl methyl sites for hydroxylation is 2. The molecule has 0 aliphatic carbocycles. The van der Waals surface area contributed by atoms with Crippen LogP contribution in [-0.4, -0.2) is 14.5 Å². The van der Waals surface area contributed by atoms with Gasteiger partial charge in [-0.3, -0.25) is 4.98 Å². The van der Waals surface area contributed by atoms with Gasteiger partial charge in [0, 0.05) is 24.5 Å². The van der Waals surface area contributed by atoms with Crippen molar-refractivity contribution in [2.75, 3.05) is 0 Å². The number of hydrogen-bond acceptors (Lipinski definition) is 2. The van der Waals surface area contributed by atoms with Gasteiger partial charge in [0.2, 0.25) is 0 Å². The van der Waals surface area contributed by atoms with Gasteiger partial charge in [0.15, 0.2) is 0 Å². The molecule has 96 valence electrons. The van der Waals surface area contributed by atoms with Crippen LogP contribution in [0, 0.1) is 6.92 Å². The zero-order valence-corrected chi connectivity index (χ0v) is 9.99. The van der Waals surface area contributed by atoms with E-state index < -0.39 is 11.9 Å². The average molecular weight is 255 g/mol. The summed E-state index contributed by atoms with van der Waals surface area (Å²) in [5.74, 6) is 0.776. The van der Waals surface area contributed by atoms with Crippen LogP contribution in [0.2, 0.25) is 0 Å². The molecular formula is C12H12F3N3. The molecule has 2 aromatic heterocycles. The number of imidazole rings is 1. The lowest BCUT2D eigenvalue weighted by atomic mass is 10.2. The molecule has 0 bridgehead atoms. The first kappa shape index (κ1) is 12.6. The Labute approximate surface area is 102 Å². The predicted octanol–water partition coefficient (Wildman–Crippen LogP) is 3.29. The Kier molecular flexibility index (Phi) is 3.11. The van der Waals surface area contributed by atoms with Gasteiger partial charge in [0.05, 0.1) is 5.69 Å². The Hall–Kier alpha value is -1.85. The van der Waals surface area contributed by atoms with Crippen molar-refractivity contribution in [2.24, 2.45) is 0 Å². The van der Waals surface area contributed by atoms with E-state index >= 15 is 0 Å². The lowest BCUT2D eigenvalue weighted by Crippen LogP contribution is -2.07. The fraction of sp³-hybridized carbons (Fsp3) is 0.333. The van der Waals surface area contributed by atoms with Crippen LogP contribution in [0.15, 0.2) is 24.5 Å². The van der Waals surface area contributed by atoms with Crippen molar-refractivity contribution in [3.05, 3.63) is 36.0 Å². The fourth-order valence-corrected chi connectivity index (χ4v) is 1.71. The maximum absolute atomic E-state index is 12.5. The van der Waals surface area contributed by atoms with Crippen LogP contribution in [-0.2, 0) is 12.7 Å². The van der Waals surface area contributed by atoms with Gasteiger partial charge in [-0.25, -0.2) is 4.98 Å². The summed E-state index contributed by atoms with van der Waals surface area (Å²) in [5, 5.41) is 0. The highest BCUT2D eigenvalue weighted by atomic mass is 19.4. The maximum Gasteiger partial charge on any atom is 0.433 e. The van der Waals surface area contributed by atoms with E-state index in [0.717, 1.165) is 24.6 Å². The third-order valence-electron chi connectivity index (χ3n) is 2.66. The molecule has 0 saturated carbocycles. The number of alkyl halides is 3. The highest BCUT2D eigenvalue weighted by molar-refractivity contribution is 5.58. The van der Waals surface area contributed by atoms with E-state index in [2.05, 4.69) is 9.97 Å². The summed E-state index contributed by atoms with van der Waals surface area (Å²) in [7, 11) is 0. The van der Waals surface area contributed by atoms with Crippen LogP contribution in [0.4, 0.5) is 13.2 Å². The van der Waals surface area contributed by atoms with Gasteiger partial charge in [0.25, 0.3) is 0 Å². The number of aromatic nitrogens is 3. The number of nitrogens with zero attached hydrogens (tertiary/aromatic N) is 3. The Bertz CT molecular complexity index is 558. The highest BCUT2D eigenvalue weighted by Gasteiger charge is 2.32. The molecule has 0 N–H and O–H groups in total. The minimum atomic E-state index is -4.43. The topological polar surface area (TPSA) is 30.7 Å². The van der Waals surface area contributed by atoms with Crippen LogP contribution in [0.25, 0.3) is 11.3 Å². The Morgan fingerprint density at radius 1 is 1.33 bits per heavy atom. The minimum absolute atomic E-state index is 0.424. The van der Waals surface area contributed by atoms with E-state index in [0.29, 0.717) is 11.3 Å². The van der Waals surface area contributed by atoms with Crippen molar-refractivity contribution in [3.8, 4) is 11.3 Å². The Morgan fingerprint density at radius 2 is 2.06 bits per heavy atom. The second-order valence-electron chi connectivity index (χ2n) is 3.89. The molecule has 0 aliphatic rings. The van der Waals surface area contributed by atoms with E-state index in [9.17, 15) is 13.2 Å². The summed E-state index contributed by atoms with van der Waals surface area (Å²) >= 11 is 0. The second kappa shape index (κ2) is 4.44. The zero-order chi connectivity index (χ0) is 13.3. The van der Waals surface area contributed by atoms with Gasteiger partial charge in [-0.05, 0) is 26.0 Å². The summed E-state index contributed by atoms with van der Waals surface area (Å²) in [6, 6.07) is 2.54. The molecule has 2 rings (SSSR count). The largest absolute Gasteiger partial charge is 0.433 e. The number of hydrogen-bond donors (Lipinski definition) is 0. The molecule has 0 radical (unpaired) electrons. The van der Waals surface area contributed by atoms with E-state index in [4.69, 9.17) is 0 Å². The van der Waals surface area contributed by atoms with Crippen LogP contribution >= 0.6 is 0 Å². The van der Waals surface area contributed by atoms with Crippen molar-refractivity contribution >= 4 is 0 Å². The van der Waals surface area contributed by atoms with Gasteiger partial charge < -0.3 is 4.57 Å². The van der Waals surface area contributed by atoms with Crippen molar-refractivity contribution < 1.29 is 13.2 Å². The SMILES string of the molecule is CCn1cc(-c2ccnc(C(F)(F)F)c2)nc1C. The minimum Gasteiger partial charge on any atom is -0.335 e. The van der Waals surface area contributed by atoms with Gasteiger partial charge in [-0.2, -0.15) is 13.2 Å². The van der Waals surface area contributed by atoms with Crippen LogP contribution in [0.5, 0.6) is 0 Å². The second-order valence-corrected chi connectivity index (χ2v) is 3.89. The third-order valence-corrected chi connectivity index (χ3v) is 2.66. The predicted molar refractivity (Wildman–Crippen MR) is 60.9 cm³/mol. The summed E-state index contributed by atoms with van der Waals surface area (Å²) in [6.45, 7) is 4.50. The summed E-state index contributed by atoms with van der Waals surface area (Å²) in [4.78, 5) is 7.57. The molecule has 0 fully saturated rings. The first-order valence-electron chi connectivity index (χ1n) is 5.49. The maximum atomic E-state index is 12.5. The van der Waals surface area contributed by atoms with E-state index in [1.54, 1.807) is 6.20 Å². The lowest BCUT2D eigenvalue weighted by Gasteiger charge is -2.06. The average Bonchev–Trinajstić information content (AvgIpc) is 2.70.